The highest BCUT2D eigenvalue weighted by Gasteiger charge is 2.28. The monoisotopic (exact) mass is 270 g/mol. The van der Waals surface area contributed by atoms with Gasteiger partial charge in [0.25, 0.3) is 5.91 Å². The summed E-state index contributed by atoms with van der Waals surface area (Å²) in [5.41, 5.74) is 0.493. The van der Waals surface area contributed by atoms with Gasteiger partial charge < -0.3 is 9.84 Å². The van der Waals surface area contributed by atoms with Crippen LogP contribution in [0.3, 0.4) is 0 Å². The van der Waals surface area contributed by atoms with Gasteiger partial charge in [-0.3, -0.25) is 4.79 Å². The smallest absolute Gasteiger partial charge is 0.355 e. The standard InChI is InChI=1S/C12H9F3N2O2/c13-12(14,15)7-16-11(18)9-6-10(19-17-9)8-4-2-1-3-5-8/h1-6H,7H2,(H,16,18). The molecule has 1 amide bonds. The van der Waals surface area contributed by atoms with E-state index in [2.05, 4.69) is 5.16 Å². The van der Waals surface area contributed by atoms with Crippen molar-refractivity contribution in [1.82, 2.24) is 10.5 Å². The molecular weight excluding hydrogens is 261 g/mol. The van der Waals surface area contributed by atoms with Crippen LogP contribution in [-0.2, 0) is 0 Å². The minimum atomic E-state index is -4.46. The highest BCUT2D eigenvalue weighted by molar-refractivity contribution is 5.93. The van der Waals surface area contributed by atoms with Gasteiger partial charge in [-0.15, -0.1) is 0 Å². The zero-order valence-electron chi connectivity index (χ0n) is 9.57. The largest absolute Gasteiger partial charge is 0.405 e. The van der Waals surface area contributed by atoms with Gasteiger partial charge in [0.2, 0.25) is 0 Å². The fourth-order valence-electron chi connectivity index (χ4n) is 1.39. The second kappa shape index (κ2) is 5.13. The first-order valence-electron chi connectivity index (χ1n) is 5.33. The molecule has 100 valence electrons. The Kier molecular flexibility index (Phi) is 3.55. The van der Waals surface area contributed by atoms with E-state index in [1.807, 2.05) is 0 Å². The van der Waals surface area contributed by atoms with Crippen molar-refractivity contribution in [2.24, 2.45) is 0 Å². The quantitative estimate of drug-likeness (QED) is 0.932. The van der Waals surface area contributed by atoms with Crippen molar-refractivity contribution in [2.75, 3.05) is 6.54 Å². The molecule has 0 saturated heterocycles. The van der Waals surface area contributed by atoms with Crippen molar-refractivity contribution in [1.29, 1.82) is 0 Å². The molecule has 1 aromatic carbocycles. The van der Waals surface area contributed by atoms with Gasteiger partial charge in [0.1, 0.15) is 6.54 Å². The number of alkyl halides is 3. The van der Waals surface area contributed by atoms with Crippen LogP contribution >= 0.6 is 0 Å². The van der Waals surface area contributed by atoms with E-state index in [1.54, 1.807) is 35.6 Å². The van der Waals surface area contributed by atoms with E-state index in [0.717, 1.165) is 0 Å². The number of carbonyl (C=O) groups excluding carboxylic acids is 1. The molecule has 0 spiro atoms. The lowest BCUT2D eigenvalue weighted by atomic mass is 10.1. The molecule has 2 aromatic rings. The summed E-state index contributed by atoms with van der Waals surface area (Å²) in [6, 6.07) is 10.1. The predicted octanol–water partition coefficient (Wildman–Crippen LogP) is 2.63. The number of hydrogen-bond donors (Lipinski definition) is 1. The van der Waals surface area contributed by atoms with Crippen molar-refractivity contribution in [3.05, 3.63) is 42.1 Å². The summed E-state index contributed by atoms with van der Waals surface area (Å²) >= 11 is 0. The average molecular weight is 270 g/mol. The van der Waals surface area contributed by atoms with E-state index in [-0.39, 0.29) is 5.69 Å². The third-order valence-electron chi connectivity index (χ3n) is 2.25. The van der Waals surface area contributed by atoms with Gasteiger partial charge in [0, 0.05) is 11.6 Å². The van der Waals surface area contributed by atoms with Crippen LogP contribution in [-0.4, -0.2) is 23.8 Å². The zero-order valence-corrected chi connectivity index (χ0v) is 9.57. The van der Waals surface area contributed by atoms with Crippen LogP contribution in [0.1, 0.15) is 10.5 Å². The Labute approximate surface area is 106 Å². The van der Waals surface area contributed by atoms with E-state index < -0.39 is 18.6 Å². The first-order chi connectivity index (χ1) is 8.96. The third kappa shape index (κ3) is 3.57. The SMILES string of the molecule is O=C(NCC(F)(F)F)c1cc(-c2ccccc2)on1. The van der Waals surface area contributed by atoms with Crippen LogP contribution in [0, 0.1) is 0 Å². The van der Waals surface area contributed by atoms with Crippen molar-refractivity contribution < 1.29 is 22.5 Å². The summed E-state index contributed by atoms with van der Waals surface area (Å²) in [5.74, 6) is -0.610. The molecule has 0 unspecified atom stereocenters. The first-order valence-corrected chi connectivity index (χ1v) is 5.33. The number of nitrogens with one attached hydrogen (secondary N) is 1. The maximum atomic E-state index is 11.9. The lowest BCUT2D eigenvalue weighted by molar-refractivity contribution is -0.123. The number of rotatable bonds is 3. The molecule has 7 heteroatoms. The minimum absolute atomic E-state index is 0.192. The number of benzene rings is 1. The molecule has 0 aliphatic rings. The van der Waals surface area contributed by atoms with Crippen LogP contribution in [0.5, 0.6) is 0 Å². The molecule has 0 fully saturated rings. The zero-order chi connectivity index (χ0) is 13.9. The Morgan fingerprint density at radius 2 is 1.95 bits per heavy atom. The number of hydrogen-bond acceptors (Lipinski definition) is 3. The van der Waals surface area contributed by atoms with E-state index in [0.29, 0.717) is 11.3 Å². The summed E-state index contributed by atoms with van der Waals surface area (Å²) in [6.07, 6.45) is -4.46. The number of carbonyl (C=O) groups is 1. The van der Waals surface area contributed by atoms with Gasteiger partial charge in [0.15, 0.2) is 11.5 Å². The lowest BCUT2D eigenvalue weighted by Crippen LogP contribution is -2.33. The highest BCUT2D eigenvalue weighted by Crippen LogP contribution is 2.19. The molecule has 0 radical (unpaired) electrons. The molecule has 1 N–H and O–H groups in total. The van der Waals surface area contributed by atoms with Crippen molar-refractivity contribution in [3.63, 3.8) is 0 Å². The van der Waals surface area contributed by atoms with Gasteiger partial charge in [0.05, 0.1) is 0 Å². The Balaban J connectivity index is 2.07. The molecule has 4 nitrogen and oxygen atoms in total. The maximum absolute atomic E-state index is 11.9. The van der Waals surface area contributed by atoms with E-state index in [1.165, 1.54) is 6.07 Å². The van der Waals surface area contributed by atoms with Crippen molar-refractivity contribution in [2.45, 2.75) is 6.18 Å². The molecule has 0 atom stereocenters. The number of aromatic nitrogens is 1. The summed E-state index contributed by atoms with van der Waals surface area (Å²) in [5, 5.41) is 5.16. The molecule has 0 bridgehead atoms. The Morgan fingerprint density at radius 1 is 1.26 bits per heavy atom. The van der Waals surface area contributed by atoms with Crippen LogP contribution in [0.4, 0.5) is 13.2 Å². The highest BCUT2D eigenvalue weighted by atomic mass is 19.4. The summed E-state index contributed by atoms with van der Waals surface area (Å²) in [7, 11) is 0. The second-order valence-electron chi connectivity index (χ2n) is 3.74. The molecule has 2 rings (SSSR count). The fraction of sp³-hybridized carbons (Fsp3) is 0.167. The summed E-state index contributed by atoms with van der Waals surface area (Å²) < 4.78 is 40.7. The molecule has 0 aliphatic heterocycles. The van der Waals surface area contributed by atoms with Crippen molar-refractivity contribution in [3.8, 4) is 11.3 Å². The second-order valence-corrected chi connectivity index (χ2v) is 3.74. The summed E-state index contributed by atoms with van der Waals surface area (Å²) in [4.78, 5) is 11.4. The van der Waals surface area contributed by atoms with Crippen LogP contribution in [0.15, 0.2) is 40.9 Å². The predicted molar refractivity (Wildman–Crippen MR) is 60.3 cm³/mol. The normalized spacial score (nSPS) is 11.3. The molecular formula is C12H9F3N2O2. The van der Waals surface area contributed by atoms with Crippen LogP contribution < -0.4 is 5.32 Å². The van der Waals surface area contributed by atoms with Gasteiger partial charge in [-0.1, -0.05) is 35.5 Å². The minimum Gasteiger partial charge on any atom is -0.355 e. The van der Waals surface area contributed by atoms with E-state index in [4.69, 9.17) is 4.52 Å². The number of halogens is 3. The maximum Gasteiger partial charge on any atom is 0.405 e. The summed E-state index contributed by atoms with van der Waals surface area (Å²) in [6.45, 7) is -1.40. The molecule has 0 aliphatic carbocycles. The van der Waals surface area contributed by atoms with Crippen LogP contribution in [0.2, 0.25) is 0 Å². The van der Waals surface area contributed by atoms with E-state index in [9.17, 15) is 18.0 Å². The average Bonchev–Trinajstić information content (AvgIpc) is 2.86. The molecule has 19 heavy (non-hydrogen) atoms. The Morgan fingerprint density at radius 3 is 2.58 bits per heavy atom. The van der Waals surface area contributed by atoms with Gasteiger partial charge in [-0.05, 0) is 0 Å². The first kappa shape index (κ1) is 13.1. The third-order valence-corrected chi connectivity index (χ3v) is 2.25. The molecule has 0 saturated carbocycles. The van der Waals surface area contributed by atoms with Crippen molar-refractivity contribution >= 4 is 5.91 Å². The van der Waals surface area contributed by atoms with Gasteiger partial charge in [-0.2, -0.15) is 13.2 Å². The Hall–Kier alpha value is -2.31. The molecule has 1 heterocycles. The molecule has 1 aromatic heterocycles. The van der Waals surface area contributed by atoms with E-state index >= 15 is 0 Å². The van der Waals surface area contributed by atoms with Crippen LogP contribution in [0.25, 0.3) is 11.3 Å². The fourth-order valence-corrected chi connectivity index (χ4v) is 1.39. The Bertz CT molecular complexity index is 564. The van der Waals surface area contributed by atoms with Gasteiger partial charge in [-0.25, -0.2) is 0 Å². The topological polar surface area (TPSA) is 55.1 Å². The number of nitrogens with zero attached hydrogens (tertiary/aromatic N) is 1. The van der Waals surface area contributed by atoms with Gasteiger partial charge >= 0.3 is 6.18 Å². The number of amides is 1. The lowest BCUT2D eigenvalue weighted by Gasteiger charge is -2.05.